The van der Waals surface area contributed by atoms with Crippen LogP contribution in [0.2, 0.25) is 0 Å². The summed E-state index contributed by atoms with van der Waals surface area (Å²) in [7, 11) is 0. The number of benzene rings is 2. The van der Waals surface area contributed by atoms with Crippen molar-refractivity contribution in [1.29, 1.82) is 0 Å². The molecular formula is C28H37FN2O4. The lowest BCUT2D eigenvalue weighted by Crippen LogP contribution is -2.48. The third-order valence-electron chi connectivity index (χ3n) is 6.75. The van der Waals surface area contributed by atoms with E-state index in [1.807, 2.05) is 36.1 Å². The van der Waals surface area contributed by atoms with Gasteiger partial charge in [-0.2, -0.15) is 0 Å². The Morgan fingerprint density at radius 3 is 2.34 bits per heavy atom. The molecule has 0 bridgehead atoms. The largest absolute Gasteiger partial charge is 0.494 e. The summed E-state index contributed by atoms with van der Waals surface area (Å²) in [5, 5.41) is 0. The van der Waals surface area contributed by atoms with E-state index in [2.05, 4.69) is 4.90 Å². The first-order valence-electron chi connectivity index (χ1n) is 12.8. The molecule has 35 heavy (non-hydrogen) atoms. The smallest absolute Gasteiger partial charge is 0.227 e. The van der Waals surface area contributed by atoms with E-state index in [-0.39, 0.29) is 24.1 Å². The van der Waals surface area contributed by atoms with E-state index in [9.17, 15) is 9.18 Å². The number of amides is 1. The molecule has 0 unspecified atom stereocenters. The van der Waals surface area contributed by atoms with Crippen molar-refractivity contribution in [3.8, 4) is 5.75 Å². The summed E-state index contributed by atoms with van der Waals surface area (Å²) in [6.45, 7) is 7.43. The minimum Gasteiger partial charge on any atom is -0.494 e. The molecule has 0 spiro atoms. The highest BCUT2D eigenvalue weighted by Gasteiger charge is 2.28. The summed E-state index contributed by atoms with van der Waals surface area (Å²) in [5.41, 5.74) is 1.91. The van der Waals surface area contributed by atoms with Gasteiger partial charge >= 0.3 is 0 Å². The van der Waals surface area contributed by atoms with Gasteiger partial charge in [0, 0.05) is 38.6 Å². The second kappa shape index (κ2) is 13.0. The number of likely N-dealkylation sites (tertiary alicyclic amines) is 1. The molecule has 1 amide bonds. The van der Waals surface area contributed by atoms with Gasteiger partial charge in [-0.25, -0.2) is 4.39 Å². The Morgan fingerprint density at radius 1 is 1.03 bits per heavy atom. The maximum absolute atomic E-state index is 13.5. The molecule has 0 saturated carbocycles. The third-order valence-corrected chi connectivity index (χ3v) is 6.75. The predicted molar refractivity (Wildman–Crippen MR) is 133 cm³/mol. The number of carbonyl (C=O) groups is 1. The van der Waals surface area contributed by atoms with Gasteiger partial charge in [-0.05, 0) is 61.6 Å². The van der Waals surface area contributed by atoms with E-state index >= 15 is 0 Å². The Hall–Kier alpha value is -2.48. The Labute approximate surface area is 208 Å². The molecule has 6 nitrogen and oxygen atoms in total. The summed E-state index contributed by atoms with van der Waals surface area (Å²) in [6, 6.07) is 14.4. The first-order chi connectivity index (χ1) is 17.1. The van der Waals surface area contributed by atoms with Crippen LogP contribution in [0.1, 0.15) is 43.7 Å². The fraction of sp³-hybridized carbons (Fsp3) is 0.536. The third kappa shape index (κ3) is 7.75. The molecule has 2 saturated heterocycles. The van der Waals surface area contributed by atoms with Crippen molar-refractivity contribution < 1.29 is 23.4 Å². The van der Waals surface area contributed by atoms with E-state index in [1.165, 1.54) is 12.1 Å². The molecule has 2 fully saturated rings. The summed E-state index contributed by atoms with van der Waals surface area (Å²) < 4.78 is 30.3. The first kappa shape index (κ1) is 25.6. The Balaban J connectivity index is 1.36. The molecule has 2 aromatic rings. The molecule has 190 valence electrons. The highest BCUT2D eigenvalue weighted by Crippen LogP contribution is 2.22. The maximum Gasteiger partial charge on any atom is 0.227 e. The number of piperidine rings is 1. The molecule has 2 aliphatic heterocycles. The van der Waals surface area contributed by atoms with Crippen LogP contribution in [-0.2, 0) is 27.2 Å². The molecule has 0 radical (unpaired) electrons. The van der Waals surface area contributed by atoms with Crippen molar-refractivity contribution in [2.24, 2.45) is 0 Å². The van der Waals surface area contributed by atoms with Gasteiger partial charge in [-0.1, -0.05) is 24.3 Å². The zero-order valence-electron chi connectivity index (χ0n) is 20.7. The minimum absolute atomic E-state index is 0.0906. The summed E-state index contributed by atoms with van der Waals surface area (Å²) in [4.78, 5) is 17.9. The highest BCUT2D eigenvalue weighted by molar-refractivity contribution is 5.79. The van der Waals surface area contributed by atoms with Crippen LogP contribution in [0.4, 0.5) is 4.39 Å². The zero-order valence-corrected chi connectivity index (χ0v) is 20.7. The SMILES string of the molecule is CCOc1ccc(CC(=O)N(Cc2ccc(F)cc2)C2CCN(CCC3OCCCO3)CC2)cc1. The topological polar surface area (TPSA) is 51.2 Å². The molecule has 2 heterocycles. The van der Waals surface area contributed by atoms with Gasteiger partial charge < -0.3 is 24.0 Å². The monoisotopic (exact) mass is 484 g/mol. The van der Waals surface area contributed by atoms with E-state index in [0.717, 1.165) is 75.4 Å². The molecule has 0 aromatic heterocycles. The van der Waals surface area contributed by atoms with Crippen LogP contribution in [0.15, 0.2) is 48.5 Å². The lowest BCUT2D eigenvalue weighted by molar-refractivity contribution is -0.182. The number of nitrogens with zero attached hydrogens (tertiary/aromatic N) is 2. The van der Waals surface area contributed by atoms with Gasteiger partial charge in [-0.3, -0.25) is 4.79 Å². The molecule has 0 N–H and O–H groups in total. The molecular weight excluding hydrogens is 447 g/mol. The quantitative estimate of drug-likeness (QED) is 0.500. The van der Waals surface area contributed by atoms with Gasteiger partial charge in [0.15, 0.2) is 6.29 Å². The number of rotatable bonds is 10. The highest BCUT2D eigenvalue weighted by atomic mass is 19.1. The molecule has 2 aromatic carbocycles. The van der Waals surface area contributed by atoms with E-state index in [4.69, 9.17) is 14.2 Å². The lowest BCUT2D eigenvalue weighted by atomic mass is 10.0. The average molecular weight is 485 g/mol. The molecule has 4 rings (SSSR count). The standard InChI is InChI=1S/C28H37FN2O4/c1-2-33-26-10-6-22(7-11-26)20-27(32)31(21-23-4-8-24(29)9-5-23)25-12-15-30(16-13-25)17-14-28-34-18-3-19-35-28/h4-11,25,28H,2-3,12-21H2,1H3. The van der Waals surface area contributed by atoms with Crippen molar-refractivity contribution in [1.82, 2.24) is 9.80 Å². The van der Waals surface area contributed by atoms with Crippen LogP contribution >= 0.6 is 0 Å². The second-order valence-electron chi connectivity index (χ2n) is 9.29. The van der Waals surface area contributed by atoms with Crippen molar-refractivity contribution in [3.63, 3.8) is 0 Å². The fourth-order valence-electron chi connectivity index (χ4n) is 4.80. The Kier molecular flexibility index (Phi) is 9.51. The Morgan fingerprint density at radius 2 is 1.69 bits per heavy atom. The number of halogens is 1. The van der Waals surface area contributed by atoms with Crippen molar-refractivity contribution in [2.75, 3.05) is 39.5 Å². The van der Waals surface area contributed by atoms with Crippen LogP contribution in [0, 0.1) is 5.82 Å². The molecule has 0 aliphatic carbocycles. The van der Waals surface area contributed by atoms with Gasteiger partial charge in [0.05, 0.1) is 26.2 Å². The maximum atomic E-state index is 13.5. The van der Waals surface area contributed by atoms with Crippen molar-refractivity contribution >= 4 is 5.91 Å². The average Bonchev–Trinajstić information content (AvgIpc) is 2.89. The summed E-state index contributed by atoms with van der Waals surface area (Å²) >= 11 is 0. The van der Waals surface area contributed by atoms with Gasteiger partial charge in [-0.15, -0.1) is 0 Å². The minimum atomic E-state index is -0.264. The summed E-state index contributed by atoms with van der Waals surface area (Å²) in [6.07, 6.45) is 3.93. The van der Waals surface area contributed by atoms with E-state index < -0.39 is 0 Å². The van der Waals surface area contributed by atoms with Crippen LogP contribution < -0.4 is 4.74 Å². The first-order valence-corrected chi connectivity index (χ1v) is 12.8. The predicted octanol–water partition coefficient (Wildman–Crippen LogP) is 4.41. The molecule has 7 heteroatoms. The van der Waals surface area contributed by atoms with Crippen LogP contribution in [-0.4, -0.2) is 67.5 Å². The number of carbonyl (C=O) groups excluding carboxylic acids is 1. The van der Waals surface area contributed by atoms with Crippen LogP contribution in [0.5, 0.6) is 5.75 Å². The van der Waals surface area contributed by atoms with Crippen LogP contribution in [0.3, 0.4) is 0 Å². The van der Waals surface area contributed by atoms with Gasteiger partial charge in [0.25, 0.3) is 0 Å². The summed E-state index contributed by atoms with van der Waals surface area (Å²) in [5.74, 6) is 0.643. The number of hydrogen-bond donors (Lipinski definition) is 0. The Bertz CT molecular complexity index is 908. The van der Waals surface area contributed by atoms with Crippen LogP contribution in [0.25, 0.3) is 0 Å². The zero-order chi connectivity index (χ0) is 24.5. The number of ether oxygens (including phenoxy) is 3. The van der Waals surface area contributed by atoms with E-state index in [1.54, 1.807) is 12.1 Å². The lowest BCUT2D eigenvalue weighted by Gasteiger charge is -2.39. The fourth-order valence-corrected chi connectivity index (χ4v) is 4.80. The molecule has 2 aliphatic rings. The normalized spacial score (nSPS) is 17.9. The number of hydrogen-bond acceptors (Lipinski definition) is 5. The van der Waals surface area contributed by atoms with Gasteiger partial charge in [0.2, 0.25) is 5.91 Å². The van der Waals surface area contributed by atoms with E-state index in [0.29, 0.717) is 19.6 Å². The molecule has 0 atom stereocenters. The van der Waals surface area contributed by atoms with Crippen molar-refractivity contribution in [3.05, 3.63) is 65.5 Å². The second-order valence-corrected chi connectivity index (χ2v) is 9.29. The van der Waals surface area contributed by atoms with Crippen molar-refractivity contribution in [2.45, 2.75) is 57.9 Å². The van der Waals surface area contributed by atoms with Gasteiger partial charge in [0.1, 0.15) is 11.6 Å².